The largest absolute Gasteiger partial charge is 0.416 e. The van der Waals surface area contributed by atoms with Crippen LogP contribution in [0, 0.1) is 13.8 Å². The van der Waals surface area contributed by atoms with Gasteiger partial charge in [0.05, 0.1) is 32.9 Å². The van der Waals surface area contributed by atoms with Gasteiger partial charge in [-0.25, -0.2) is 18.4 Å². The fourth-order valence-corrected chi connectivity index (χ4v) is 5.13. The number of nitrogens with zero attached hydrogens (tertiary/aromatic N) is 4. The van der Waals surface area contributed by atoms with E-state index in [1.54, 1.807) is 18.2 Å². The summed E-state index contributed by atoms with van der Waals surface area (Å²) in [5.41, 5.74) is 2.22. The number of carbonyl (C=O) groups is 1. The van der Waals surface area contributed by atoms with Crippen molar-refractivity contribution in [2.45, 2.75) is 24.9 Å². The van der Waals surface area contributed by atoms with Crippen LogP contribution >= 0.6 is 0 Å². The van der Waals surface area contributed by atoms with Crippen molar-refractivity contribution in [2.75, 3.05) is 26.2 Å². The van der Waals surface area contributed by atoms with Crippen molar-refractivity contribution in [1.82, 2.24) is 19.2 Å². The third-order valence-corrected chi connectivity index (χ3v) is 7.54. The van der Waals surface area contributed by atoms with Crippen LogP contribution in [0.15, 0.2) is 47.4 Å². The summed E-state index contributed by atoms with van der Waals surface area (Å²) < 4.78 is 65.8. The lowest BCUT2D eigenvalue weighted by Gasteiger charge is -2.34. The molecule has 0 saturated carbocycles. The molecule has 1 aromatic heterocycles. The minimum absolute atomic E-state index is 0.0178. The predicted molar refractivity (Wildman–Crippen MR) is 115 cm³/mol. The number of alkyl halides is 3. The first kappa shape index (κ1) is 23.1. The monoisotopic (exact) mass is 478 g/mol. The minimum Gasteiger partial charge on any atom is -0.336 e. The molecule has 174 valence electrons. The van der Waals surface area contributed by atoms with E-state index in [-0.39, 0.29) is 32.1 Å². The van der Waals surface area contributed by atoms with Gasteiger partial charge in [0.15, 0.2) is 0 Å². The van der Waals surface area contributed by atoms with Gasteiger partial charge in [-0.2, -0.15) is 17.5 Å². The van der Waals surface area contributed by atoms with E-state index < -0.39 is 26.7 Å². The number of halogens is 3. The predicted octanol–water partition coefficient (Wildman–Crippen LogP) is 3.41. The highest BCUT2D eigenvalue weighted by Crippen LogP contribution is 2.31. The molecule has 7 nitrogen and oxygen atoms in total. The molecule has 0 N–H and O–H groups in total. The van der Waals surface area contributed by atoms with Crippen LogP contribution < -0.4 is 0 Å². The third-order valence-electron chi connectivity index (χ3n) is 5.65. The lowest BCUT2D eigenvalue weighted by Crippen LogP contribution is -2.50. The lowest BCUT2D eigenvalue weighted by atomic mass is 10.1. The van der Waals surface area contributed by atoms with E-state index in [1.165, 1.54) is 4.90 Å². The molecule has 0 atom stereocenters. The molecule has 11 heteroatoms. The minimum atomic E-state index is -4.64. The van der Waals surface area contributed by atoms with E-state index in [0.29, 0.717) is 22.7 Å². The summed E-state index contributed by atoms with van der Waals surface area (Å²) in [6.07, 6.45) is -4.64. The Labute approximate surface area is 188 Å². The third kappa shape index (κ3) is 4.55. The normalized spacial score (nSPS) is 15.7. The highest BCUT2D eigenvalue weighted by Gasteiger charge is 2.34. The zero-order chi connectivity index (χ0) is 24.0. The van der Waals surface area contributed by atoms with E-state index >= 15 is 0 Å². The molecular formula is C22H21F3N4O3S. The quantitative estimate of drug-likeness (QED) is 0.576. The number of carbonyl (C=O) groups excluding carboxylic acids is 1. The Hall–Kier alpha value is -3.05. The number of rotatable bonds is 3. The van der Waals surface area contributed by atoms with Crippen molar-refractivity contribution in [3.63, 3.8) is 0 Å². The van der Waals surface area contributed by atoms with Gasteiger partial charge in [0.25, 0.3) is 5.91 Å². The number of aryl methyl sites for hydroxylation is 2. The summed E-state index contributed by atoms with van der Waals surface area (Å²) in [4.78, 5) is 23.0. The number of sulfonamides is 1. The molecule has 1 amide bonds. The Morgan fingerprint density at radius 1 is 0.909 bits per heavy atom. The second-order valence-electron chi connectivity index (χ2n) is 7.82. The van der Waals surface area contributed by atoms with Gasteiger partial charge in [0.2, 0.25) is 10.0 Å². The second-order valence-corrected chi connectivity index (χ2v) is 9.76. The number of fused-ring (bicyclic) bond motifs is 1. The molecule has 2 aromatic carbocycles. The van der Waals surface area contributed by atoms with Gasteiger partial charge in [-0.15, -0.1) is 0 Å². The van der Waals surface area contributed by atoms with E-state index in [1.807, 2.05) is 13.8 Å². The molecule has 1 saturated heterocycles. The number of piperazine rings is 1. The van der Waals surface area contributed by atoms with E-state index in [2.05, 4.69) is 9.97 Å². The summed E-state index contributed by atoms with van der Waals surface area (Å²) in [5.74, 6) is -0.270. The summed E-state index contributed by atoms with van der Waals surface area (Å²) in [5, 5.41) is 0. The van der Waals surface area contributed by atoms with Gasteiger partial charge < -0.3 is 4.90 Å². The molecule has 0 unspecified atom stereocenters. The van der Waals surface area contributed by atoms with Crippen LogP contribution in [0.1, 0.15) is 27.3 Å². The average Bonchev–Trinajstić information content (AvgIpc) is 2.78. The molecule has 1 aliphatic heterocycles. The first-order valence-electron chi connectivity index (χ1n) is 10.2. The lowest BCUT2D eigenvalue weighted by molar-refractivity contribution is -0.137. The zero-order valence-electron chi connectivity index (χ0n) is 17.9. The van der Waals surface area contributed by atoms with Gasteiger partial charge in [0.1, 0.15) is 0 Å². The van der Waals surface area contributed by atoms with Crippen LogP contribution in [-0.4, -0.2) is 59.7 Å². The summed E-state index contributed by atoms with van der Waals surface area (Å²) >= 11 is 0. The zero-order valence-corrected chi connectivity index (χ0v) is 18.7. The van der Waals surface area contributed by atoms with Crippen LogP contribution in [0.25, 0.3) is 11.0 Å². The first-order chi connectivity index (χ1) is 15.5. The smallest absolute Gasteiger partial charge is 0.336 e. The molecule has 33 heavy (non-hydrogen) atoms. The van der Waals surface area contributed by atoms with Gasteiger partial charge >= 0.3 is 6.18 Å². The van der Waals surface area contributed by atoms with Crippen molar-refractivity contribution in [1.29, 1.82) is 0 Å². The fraction of sp³-hybridized carbons (Fsp3) is 0.318. The summed E-state index contributed by atoms with van der Waals surface area (Å²) in [6, 6.07) is 8.70. The van der Waals surface area contributed by atoms with Crippen LogP contribution in [0.5, 0.6) is 0 Å². The van der Waals surface area contributed by atoms with E-state index in [9.17, 15) is 26.4 Å². The summed E-state index contributed by atoms with van der Waals surface area (Å²) in [6.45, 7) is 3.89. The van der Waals surface area contributed by atoms with Crippen molar-refractivity contribution in [3.8, 4) is 0 Å². The molecule has 3 aromatic rings. The maximum Gasteiger partial charge on any atom is 0.416 e. The molecule has 1 aliphatic rings. The van der Waals surface area contributed by atoms with Gasteiger partial charge in [-0.1, -0.05) is 6.07 Å². The standard InChI is InChI=1S/C22H21F3N4O3S/c1-14-15(2)27-20-12-16(6-7-19(20)26-14)21(30)28-8-10-29(11-9-28)33(31,32)18-5-3-4-17(13-18)22(23,24)25/h3-7,12-13H,8-11H2,1-2H3. The summed E-state index contributed by atoms with van der Waals surface area (Å²) in [7, 11) is -4.12. The van der Waals surface area contributed by atoms with Crippen molar-refractivity contribution >= 4 is 27.0 Å². The molecule has 2 heterocycles. The highest BCUT2D eigenvalue weighted by molar-refractivity contribution is 7.89. The fourth-order valence-electron chi connectivity index (χ4n) is 3.66. The topological polar surface area (TPSA) is 83.5 Å². The van der Waals surface area contributed by atoms with Crippen LogP contribution in [0.2, 0.25) is 0 Å². The van der Waals surface area contributed by atoms with Gasteiger partial charge in [-0.05, 0) is 50.2 Å². The number of aromatic nitrogens is 2. The Kier molecular flexibility index (Phi) is 5.87. The molecule has 1 fully saturated rings. The van der Waals surface area contributed by atoms with Crippen LogP contribution in [0.4, 0.5) is 13.2 Å². The Bertz CT molecular complexity index is 1330. The maximum absolute atomic E-state index is 13.0. The van der Waals surface area contributed by atoms with Crippen LogP contribution in [0.3, 0.4) is 0 Å². The van der Waals surface area contributed by atoms with Gasteiger partial charge in [0, 0.05) is 31.7 Å². The van der Waals surface area contributed by atoms with Crippen molar-refractivity contribution in [2.24, 2.45) is 0 Å². The number of hydrogen-bond donors (Lipinski definition) is 0. The molecular weight excluding hydrogens is 457 g/mol. The molecule has 0 bridgehead atoms. The molecule has 0 radical (unpaired) electrons. The molecule has 0 aliphatic carbocycles. The highest BCUT2D eigenvalue weighted by atomic mass is 32.2. The first-order valence-corrected chi connectivity index (χ1v) is 11.6. The Balaban J connectivity index is 1.49. The number of amides is 1. The second kappa shape index (κ2) is 8.38. The van der Waals surface area contributed by atoms with Crippen molar-refractivity contribution < 1.29 is 26.4 Å². The van der Waals surface area contributed by atoms with E-state index in [4.69, 9.17) is 0 Å². The number of benzene rings is 2. The van der Waals surface area contributed by atoms with E-state index in [0.717, 1.165) is 33.9 Å². The molecule has 4 rings (SSSR count). The Morgan fingerprint density at radius 3 is 2.18 bits per heavy atom. The van der Waals surface area contributed by atoms with Gasteiger partial charge in [-0.3, -0.25) is 4.79 Å². The molecule has 0 spiro atoms. The Morgan fingerprint density at radius 2 is 1.55 bits per heavy atom. The average molecular weight is 478 g/mol. The maximum atomic E-state index is 13.0. The van der Waals surface area contributed by atoms with Crippen molar-refractivity contribution in [3.05, 3.63) is 65.0 Å². The number of hydrogen-bond acceptors (Lipinski definition) is 5. The SMILES string of the molecule is Cc1nc2ccc(C(=O)N3CCN(S(=O)(=O)c4cccc(C(F)(F)F)c4)CC3)cc2nc1C. The van der Waals surface area contributed by atoms with Crippen LogP contribution in [-0.2, 0) is 16.2 Å².